The summed E-state index contributed by atoms with van der Waals surface area (Å²) in [4.78, 5) is 10.7. The van der Waals surface area contributed by atoms with Gasteiger partial charge in [0.25, 0.3) is 0 Å². The lowest BCUT2D eigenvalue weighted by Gasteiger charge is -2.28. The molecular formula is C12H20N4O. The van der Waals surface area contributed by atoms with E-state index in [9.17, 15) is 0 Å². The van der Waals surface area contributed by atoms with E-state index in [1.54, 1.807) is 19.4 Å². The third-order valence-corrected chi connectivity index (χ3v) is 3.07. The summed E-state index contributed by atoms with van der Waals surface area (Å²) in [5.74, 6) is 1.33. The molecule has 1 N–H and O–H groups in total. The molecule has 1 aliphatic rings. The third kappa shape index (κ3) is 3.30. The Morgan fingerprint density at radius 1 is 1.53 bits per heavy atom. The Hall–Kier alpha value is -1.36. The van der Waals surface area contributed by atoms with Gasteiger partial charge in [-0.2, -0.15) is 4.98 Å². The number of nitrogens with one attached hydrogen (secondary N) is 1. The van der Waals surface area contributed by atoms with Crippen molar-refractivity contribution in [3.8, 4) is 5.88 Å². The zero-order valence-corrected chi connectivity index (χ0v) is 10.5. The van der Waals surface area contributed by atoms with Crippen LogP contribution in [0.25, 0.3) is 0 Å². The molecule has 2 rings (SSSR count). The minimum absolute atomic E-state index is 0.545. The van der Waals surface area contributed by atoms with Gasteiger partial charge in [0.05, 0.1) is 7.11 Å². The van der Waals surface area contributed by atoms with E-state index in [2.05, 4.69) is 20.2 Å². The van der Waals surface area contributed by atoms with Crippen LogP contribution in [0, 0.1) is 0 Å². The zero-order chi connectivity index (χ0) is 12.1. The molecule has 1 unspecified atom stereocenters. The molecule has 0 amide bonds. The zero-order valence-electron chi connectivity index (χ0n) is 10.5. The summed E-state index contributed by atoms with van der Waals surface area (Å²) < 4.78 is 5.10. The number of hydrogen-bond acceptors (Lipinski definition) is 5. The molecule has 94 valence electrons. The van der Waals surface area contributed by atoms with Crippen molar-refractivity contribution in [2.75, 3.05) is 32.1 Å². The normalized spacial score (nSPS) is 20.0. The fourth-order valence-electron chi connectivity index (χ4n) is 2.12. The Kier molecular flexibility index (Phi) is 4.14. The molecule has 1 aliphatic heterocycles. The lowest BCUT2D eigenvalue weighted by atomic mass is 10.0. The molecule has 0 aromatic carbocycles. The van der Waals surface area contributed by atoms with Gasteiger partial charge < -0.3 is 15.0 Å². The van der Waals surface area contributed by atoms with Crippen LogP contribution in [0.3, 0.4) is 0 Å². The van der Waals surface area contributed by atoms with E-state index in [1.165, 1.54) is 19.3 Å². The maximum absolute atomic E-state index is 5.10. The van der Waals surface area contributed by atoms with Crippen molar-refractivity contribution < 1.29 is 4.74 Å². The van der Waals surface area contributed by atoms with Gasteiger partial charge in [-0.25, -0.2) is 4.98 Å². The average Bonchev–Trinajstić information content (AvgIpc) is 2.40. The fourth-order valence-corrected chi connectivity index (χ4v) is 2.12. The van der Waals surface area contributed by atoms with Crippen LogP contribution in [-0.2, 0) is 0 Å². The first kappa shape index (κ1) is 12.1. The molecule has 1 saturated heterocycles. The summed E-state index contributed by atoms with van der Waals surface area (Å²) in [6.07, 6.45) is 5.56. The number of anilines is 1. The minimum atomic E-state index is 0.545. The van der Waals surface area contributed by atoms with E-state index in [0.717, 1.165) is 19.0 Å². The maximum Gasteiger partial charge on any atom is 0.228 e. The van der Waals surface area contributed by atoms with Crippen LogP contribution in [0.5, 0.6) is 5.88 Å². The highest BCUT2D eigenvalue weighted by Gasteiger charge is 2.16. The van der Waals surface area contributed by atoms with Crippen molar-refractivity contribution in [3.63, 3.8) is 0 Å². The fraction of sp³-hybridized carbons (Fsp3) is 0.667. The van der Waals surface area contributed by atoms with Crippen LogP contribution in [-0.4, -0.2) is 43.3 Å². The molecule has 1 aromatic rings. The molecule has 1 aromatic heterocycles. The molecule has 0 spiro atoms. The predicted molar refractivity (Wildman–Crippen MR) is 67.5 cm³/mol. The van der Waals surface area contributed by atoms with Gasteiger partial charge in [-0.1, -0.05) is 6.42 Å². The van der Waals surface area contributed by atoms with Crippen LogP contribution < -0.4 is 15.0 Å². The number of methoxy groups -OCH3 is 1. The lowest BCUT2D eigenvalue weighted by molar-refractivity contribution is 0.392. The third-order valence-electron chi connectivity index (χ3n) is 3.07. The number of likely N-dealkylation sites (N-methyl/N-ethyl adjacent to an activating group) is 1. The van der Waals surface area contributed by atoms with Gasteiger partial charge >= 0.3 is 0 Å². The summed E-state index contributed by atoms with van der Waals surface area (Å²) in [7, 11) is 3.64. The largest absolute Gasteiger partial charge is 0.481 e. The quantitative estimate of drug-likeness (QED) is 0.847. The van der Waals surface area contributed by atoms with Crippen LogP contribution in [0.1, 0.15) is 19.3 Å². The Morgan fingerprint density at radius 3 is 3.12 bits per heavy atom. The van der Waals surface area contributed by atoms with Gasteiger partial charge in [0.2, 0.25) is 11.8 Å². The van der Waals surface area contributed by atoms with E-state index < -0.39 is 0 Å². The molecule has 17 heavy (non-hydrogen) atoms. The number of aromatic nitrogens is 2. The highest BCUT2D eigenvalue weighted by molar-refractivity contribution is 5.30. The molecule has 1 atom stereocenters. The Morgan fingerprint density at radius 2 is 2.41 bits per heavy atom. The molecule has 0 saturated carbocycles. The average molecular weight is 236 g/mol. The summed E-state index contributed by atoms with van der Waals surface area (Å²) in [5.41, 5.74) is 0. The van der Waals surface area contributed by atoms with Gasteiger partial charge in [0.15, 0.2) is 0 Å². The minimum Gasteiger partial charge on any atom is -0.481 e. The van der Waals surface area contributed by atoms with E-state index >= 15 is 0 Å². The number of piperidine rings is 1. The standard InChI is InChI=1S/C12H20N4O/c1-16(9-10-5-3-4-7-13-10)12-14-8-6-11(15-12)17-2/h6,8,10,13H,3-5,7,9H2,1-2H3. The highest BCUT2D eigenvalue weighted by atomic mass is 16.5. The number of hydrogen-bond donors (Lipinski definition) is 1. The second-order valence-corrected chi connectivity index (χ2v) is 4.43. The second kappa shape index (κ2) is 5.82. The van der Waals surface area contributed by atoms with E-state index in [4.69, 9.17) is 4.74 Å². The van der Waals surface area contributed by atoms with Crippen molar-refractivity contribution in [2.45, 2.75) is 25.3 Å². The summed E-state index contributed by atoms with van der Waals surface area (Å²) in [6.45, 7) is 2.06. The molecule has 0 radical (unpaired) electrons. The van der Waals surface area contributed by atoms with Gasteiger partial charge in [0.1, 0.15) is 0 Å². The van der Waals surface area contributed by atoms with E-state index in [0.29, 0.717) is 11.9 Å². The molecule has 2 heterocycles. The van der Waals surface area contributed by atoms with Crippen molar-refractivity contribution in [1.29, 1.82) is 0 Å². The smallest absolute Gasteiger partial charge is 0.228 e. The number of rotatable bonds is 4. The molecule has 5 heteroatoms. The molecule has 0 aliphatic carbocycles. The first-order chi connectivity index (χ1) is 8.29. The van der Waals surface area contributed by atoms with Gasteiger partial charge in [0, 0.05) is 31.9 Å². The van der Waals surface area contributed by atoms with Crippen molar-refractivity contribution in [3.05, 3.63) is 12.3 Å². The topological polar surface area (TPSA) is 50.3 Å². The molecule has 0 bridgehead atoms. The van der Waals surface area contributed by atoms with Crippen LogP contribution in [0.2, 0.25) is 0 Å². The first-order valence-corrected chi connectivity index (χ1v) is 6.11. The van der Waals surface area contributed by atoms with Crippen LogP contribution >= 0.6 is 0 Å². The van der Waals surface area contributed by atoms with E-state index in [1.807, 2.05) is 7.05 Å². The van der Waals surface area contributed by atoms with Crippen LogP contribution in [0.15, 0.2) is 12.3 Å². The number of ether oxygens (including phenoxy) is 1. The summed E-state index contributed by atoms with van der Waals surface area (Å²) in [5, 5.41) is 3.52. The predicted octanol–water partition coefficient (Wildman–Crippen LogP) is 1.06. The first-order valence-electron chi connectivity index (χ1n) is 6.11. The molecular weight excluding hydrogens is 216 g/mol. The highest BCUT2D eigenvalue weighted by Crippen LogP contribution is 2.13. The second-order valence-electron chi connectivity index (χ2n) is 4.43. The van der Waals surface area contributed by atoms with E-state index in [-0.39, 0.29) is 0 Å². The Bertz CT molecular complexity index is 352. The SMILES string of the molecule is COc1ccnc(N(C)CC2CCCCN2)n1. The number of nitrogens with zero attached hydrogens (tertiary/aromatic N) is 3. The van der Waals surface area contributed by atoms with Gasteiger partial charge in [-0.3, -0.25) is 0 Å². The Labute approximate surface area is 102 Å². The maximum atomic E-state index is 5.10. The summed E-state index contributed by atoms with van der Waals surface area (Å²) in [6, 6.07) is 2.31. The van der Waals surface area contributed by atoms with Crippen molar-refractivity contribution in [1.82, 2.24) is 15.3 Å². The van der Waals surface area contributed by atoms with Crippen molar-refractivity contribution in [2.24, 2.45) is 0 Å². The monoisotopic (exact) mass is 236 g/mol. The van der Waals surface area contributed by atoms with Crippen molar-refractivity contribution >= 4 is 5.95 Å². The lowest BCUT2D eigenvalue weighted by Crippen LogP contribution is -2.42. The molecule has 5 nitrogen and oxygen atoms in total. The van der Waals surface area contributed by atoms with Gasteiger partial charge in [-0.05, 0) is 19.4 Å². The van der Waals surface area contributed by atoms with Gasteiger partial charge in [-0.15, -0.1) is 0 Å². The molecule has 1 fully saturated rings. The van der Waals surface area contributed by atoms with Crippen LogP contribution in [0.4, 0.5) is 5.95 Å². The summed E-state index contributed by atoms with van der Waals surface area (Å²) >= 11 is 0. The Balaban J connectivity index is 1.95.